The highest BCUT2D eigenvalue weighted by atomic mass is 35.5. The second-order valence-electron chi connectivity index (χ2n) is 5.75. The lowest BCUT2D eigenvalue weighted by atomic mass is 9.97. The number of piperidine rings is 1. The van der Waals surface area contributed by atoms with Crippen molar-refractivity contribution < 1.29 is 14.3 Å². The number of anilines is 1. The van der Waals surface area contributed by atoms with E-state index in [1.807, 2.05) is 19.9 Å². The molecule has 7 heteroatoms. The molecular formula is C17H23ClN2O3S. The van der Waals surface area contributed by atoms with Crippen LogP contribution in [0.25, 0.3) is 0 Å². The van der Waals surface area contributed by atoms with Crippen LogP contribution < -0.4 is 10.1 Å². The number of rotatable bonds is 4. The number of likely N-dealkylation sites (tertiary alicyclic amines) is 1. The van der Waals surface area contributed by atoms with Gasteiger partial charge >= 0.3 is 5.97 Å². The van der Waals surface area contributed by atoms with E-state index in [2.05, 4.69) is 10.2 Å². The molecule has 0 unspecified atom stereocenters. The van der Waals surface area contributed by atoms with E-state index in [9.17, 15) is 4.79 Å². The monoisotopic (exact) mass is 370 g/mol. The van der Waals surface area contributed by atoms with Crippen LogP contribution in [0.15, 0.2) is 12.1 Å². The molecule has 0 bridgehead atoms. The molecule has 1 saturated heterocycles. The van der Waals surface area contributed by atoms with Gasteiger partial charge in [-0.05, 0) is 50.5 Å². The Morgan fingerprint density at radius 1 is 1.42 bits per heavy atom. The third kappa shape index (κ3) is 4.51. The van der Waals surface area contributed by atoms with E-state index in [1.165, 1.54) is 0 Å². The quantitative estimate of drug-likeness (QED) is 0.645. The number of nitrogens with one attached hydrogen (secondary N) is 1. The Morgan fingerprint density at radius 3 is 2.67 bits per heavy atom. The number of methoxy groups -OCH3 is 1. The third-order valence-electron chi connectivity index (χ3n) is 4.12. The zero-order valence-electron chi connectivity index (χ0n) is 14.2. The van der Waals surface area contributed by atoms with Crippen LogP contribution in [-0.4, -0.2) is 42.8 Å². The molecule has 1 aromatic rings. The van der Waals surface area contributed by atoms with E-state index in [0.717, 1.165) is 37.2 Å². The van der Waals surface area contributed by atoms with Crippen molar-refractivity contribution in [2.75, 3.05) is 32.1 Å². The molecule has 1 fully saturated rings. The molecule has 5 nitrogen and oxygen atoms in total. The summed E-state index contributed by atoms with van der Waals surface area (Å²) < 4.78 is 10.5. The molecule has 132 valence electrons. The summed E-state index contributed by atoms with van der Waals surface area (Å²) in [5.41, 5.74) is 1.74. The first kappa shape index (κ1) is 18.8. The number of carbonyl (C=O) groups excluding carboxylic acids is 1. The molecule has 0 amide bonds. The first-order chi connectivity index (χ1) is 11.5. The normalized spacial score (nSPS) is 15.1. The maximum atomic E-state index is 11.8. The lowest BCUT2D eigenvalue weighted by molar-refractivity contribution is -0.149. The van der Waals surface area contributed by atoms with E-state index in [0.29, 0.717) is 22.5 Å². The number of hydrogen-bond donors (Lipinski definition) is 1. The van der Waals surface area contributed by atoms with Gasteiger partial charge in [-0.2, -0.15) is 0 Å². The van der Waals surface area contributed by atoms with Gasteiger partial charge in [-0.15, -0.1) is 0 Å². The standard InChI is InChI=1S/C17H23ClN2O3S/c1-4-23-16(21)12-5-7-20(8-6-12)17(24)19-14-9-11(2)13(18)10-15(14)22-3/h9-10,12H,4-8H2,1-3H3,(H,19,24). The zero-order valence-corrected chi connectivity index (χ0v) is 15.8. The molecule has 0 spiro atoms. The average molecular weight is 371 g/mol. The molecule has 24 heavy (non-hydrogen) atoms. The van der Waals surface area contributed by atoms with E-state index >= 15 is 0 Å². The van der Waals surface area contributed by atoms with Gasteiger partial charge < -0.3 is 19.7 Å². The molecule has 0 aromatic heterocycles. The Morgan fingerprint density at radius 2 is 2.08 bits per heavy atom. The number of carbonyl (C=O) groups is 1. The summed E-state index contributed by atoms with van der Waals surface area (Å²) >= 11 is 11.6. The van der Waals surface area contributed by atoms with Crippen LogP contribution in [0, 0.1) is 12.8 Å². The number of benzene rings is 1. The highest BCUT2D eigenvalue weighted by Crippen LogP contribution is 2.31. The number of halogens is 1. The summed E-state index contributed by atoms with van der Waals surface area (Å²) in [5.74, 6) is 0.511. The summed E-state index contributed by atoms with van der Waals surface area (Å²) in [5, 5.41) is 4.50. The molecule has 1 aliphatic rings. The molecule has 2 rings (SSSR count). The van der Waals surface area contributed by atoms with Crippen LogP contribution in [0.3, 0.4) is 0 Å². The van der Waals surface area contributed by atoms with Gasteiger partial charge in [-0.3, -0.25) is 4.79 Å². The zero-order chi connectivity index (χ0) is 17.7. The molecule has 0 atom stereocenters. The molecular weight excluding hydrogens is 348 g/mol. The third-order valence-corrected chi connectivity index (χ3v) is 4.89. The number of aryl methyl sites for hydroxylation is 1. The van der Waals surface area contributed by atoms with E-state index in [-0.39, 0.29) is 11.9 Å². The number of thiocarbonyl (C=S) groups is 1. The van der Waals surface area contributed by atoms with Crippen molar-refractivity contribution in [2.45, 2.75) is 26.7 Å². The first-order valence-electron chi connectivity index (χ1n) is 8.03. The molecule has 0 saturated carbocycles. The van der Waals surface area contributed by atoms with Crippen molar-refractivity contribution in [3.8, 4) is 5.75 Å². The Balaban J connectivity index is 1.97. The number of nitrogens with zero attached hydrogens (tertiary/aromatic N) is 1. The fourth-order valence-corrected chi connectivity index (χ4v) is 3.15. The number of esters is 1. The van der Waals surface area contributed by atoms with Crippen LogP contribution in [0.4, 0.5) is 5.69 Å². The van der Waals surface area contributed by atoms with Crippen LogP contribution >= 0.6 is 23.8 Å². The van der Waals surface area contributed by atoms with Crippen LogP contribution in [0.5, 0.6) is 5.75 Å². The SMILES string of the molecule is CCOC(=O)C1CCN(C(=S)Nc2cc(C)c(Cl)cc2OC)CC1. The van der Waals surface area contributed by atoms with Gasteiger partial charge in [0.1, 0.15) is 5.75 Å². The second kappa shape index (κ2) is 8.53. The average Bonchev–Trinajstić information content (AvgIpc) is 2.58. The van der Waals surface area contributed by atoms with Crippen molar-refractivity contribution in [1.29, 1.82) is 0 Å². The molecule has 1 heterocycles. The van der Waals surface area contributed by atoms with Crippen LogP contribution in [-0.2, 0) is 9.53 Å². The predicted molar refractivity (Wildman–Crippen MR) is 99.9 cm³/mol. The van der Waals surface area contributed by atoms with Crippen LogP contribution in [0.1, 0.15) is 25.3 Å². The summed E-state index contributed by atoms with van der Waals surface area (Å²) in [6, 6.07) is 3.69. The van der Waals surface area contributed by atoms with Gasteiger partial charge in [0.15, 0.2) is 5.11 Å². The van der Waals surface area contributed by atoms with Gasteiger partial charge in [-0.1, -0.05) is 11.6 Å². The fraction of sp³-hybridized carbons (Fsp3) is 0.529. The minimum Gasteiger partial charge on any atom is -0.495 e. The van der Waals surface area contributed by atoms with Gasteiger partial charge in [0.05, 0.1) is 25.3 Å². The van der Waals surface area contributed by atoms with Gasteiger partial charge in [0, 0.05) is 24.2 Å². The number of hydrogen-bond acceptors (Lipinski definition) is 4. The highest BCUT2D eigenvalue weighted by molar-refractivity contribution is 7.80. The van der Waals surface area contributed by atoms with Gasteiger partial charge in [0.25, 0.3) is 0 Å². The molecule has 1 N–H and O–H groups in total. The lowest BCUT2D eigenvalue weighted by Crippen LogP contribution is -2.42. The fourth-order valence-electron chi connectivity index (χ4n) is 2.70. The summed E-state index contributed by atoms with van der Waals surface area (Å²) in [4.78, 5) is 13.9. The highest BCUT2D eigenvalue weighted by Gasteiger charge is 2.27. The Bertz CT molecular complexity index is 616. The summed E-state index contributed by atoms with van der Waals surface area (Å²) in [7, 11) is 1.60. The minimum atomic E-state index is -0.106. The summed E-state index contributed by atoms with van der Waals surface area (Å²) in [6.45, 7) is 5.64. The van der Waals surface area contributed by atoms with E-state index in [4.69, 9.17) is 33.3 Å². The molecule has 0 radical (unpaired) electrons. The Labute approximate surface area is 153 Å². The largest absolute Gasteiger partial charge is 0.495 e. The molecule has 0 aliphatic carbocycles. The maximum absolute atomic E-state index is 11.8. The lowest BCUT2D eigenvalue weighted by Gasteiger charge is -2.33. The van der Waals surface area contributed by atoms with Gasteiger partial charge in [0.2, 0.25) is 0 Å². The maximum Gasteiger partial charge on any atom is 0.309 e. The van der Waals surface area contributed by atoms with Gasteiger partial charge in [-0.25, -0.2) is 0 Å². The first-order valence-corrected chi connectivity index (χ1v) is 8.81. The Hall–Kier alpha value is -1.53. The topological polar surface area (TPSA) is 50.8 Å². The van der Waals surface area contributed by atoms with Crippen molar-refractivity contribution in [2.24, 2.45) is 5.92 Å². The van der Waals surface area contributed by atoms with Crippen molar-refractivity contribution in [1.82, 2.24) is 4.90 Å². The van der Waals surface area contributed by atoms with E-state index in [1.54, 1.807) is 13.2 Å². The second-order valence-corrected chi connectivity index (χ2v) is 6.54. The van der Waals surface area contributed by atoms with E-state index < -0.39 is 0 Å². The smallest absolute Gasteiger partial charge is 0.309 e. The number of ether oxygens (including phenoxy) is 2. The minimum absolute atomic E-state index is 0.0312. The molecule has 1 aromatic carbocycles. The van der Waals surface area contributed by atoms with Crippen molar-refractivity contribution in [3.63, 3.8) is 0 Å². The van der Waals surface area contributed by atoms with Crippen molar-refractivity contribution in [3.05, 3.63) is 22.7 Å². The van der Waals surface area contributed by atoms with Crippen LogP contribution in [0.2, 0.25) is 5.02 Å². The summed E-state index contributed by atoms with van der Waals surface area (Å²) in [6.07, 6.45) is 1.49. The predicted octanol–water partition coefficient (Wildman–Crippen LogP) is 3.63. The Kier molecular flexibility index (Phi) is 6.69. The molecule has 1 aliphatic heterocycles. The van der Waals surface area contributed by atoms with Crippen molar-refractivity contribution >= 4 is 40.6 Å².